The van der Waals surface area contributed by atoms with Gasteiger partial charge in [-0.05, 0) is 68.6 Å². The summed E-state index contributed by atoms with van der Waals surface area (Å²) in [5.41, 5.74) is 0.631. The van der Waals surface area contributed by atoms with Crippen molar-refractivity contribution >= 4 is 5.91 Å². The van der Waals surface area contributed by atoms with E-state index in [0.717, 1.165) is 62.4 Å². The molecule has 5 nitrogen and oxygen atoms in total. The Balaban J connectivity index is 1.43. The lowest BCUT2D eigenvalue weighted by Crippen LogP contribution is -2.58. The fraction of sp³-hybridized carbons (Fsp3) is 0.696. The minimum Gasteiger partial charge on any atom is -0.497 e. The summed E-state index contributed by atoms with van der Waals surface area (Å²) in [5.74, 6) is 1.95. The van der Waals surface area contributed by atoms with Crippen LogP contribution >= 0.6 is 0 Å². The Labute approximate surface area is 168 Å². The number of rotatable bonds is 9. The number of nitrogens with one attached hydrogen (secondary N) is 1. The Morgan fingerprint density at radius 3 is 2.32 bits per heavy atom. The van der Waals surface area contributed by atoms with Crippen molar-refractivity contribution in [3.8, 4) is 5.75 Å². The van der Waals surface area contributed by atoms with Crippen molar-refractivity contribution in [1.29, 1.82) is 0 Å². The van der Waals surface area contributed by atoms with Crippen molar-refractivity contribution in [2.24, 2.45) is 5.92 Å². The van der Waals surface area contributed by atoms with Crippen molar-refractivity contribution < 1.29 is 14.3 Å². The van der Waals surface area contributed by atoms with Gasteiger partial charge < -0.3 is 19.7 Å². The van der Waals surface area contributed by atoms with Crippen LogP contribution in [0.5, 0.6) is 5.75 Å². The Morgan fingerprint density at radius 1 is 1.11 bits per heavy atom. The number of methoxy groups -OCH3 is 2. The van der Waals surface area contributed by atoms with Gasteiger partial charge in [0.05, 0.1) is 12.5 Å². The van der Waals surface area contributed by atoms with Crippen LogP contribution in [-0.4, -0.2) is 56.8 Å². The maximum absolute atomic E-state index is 13.4. The van der Waals surface area contributed by atoms with Crippen molar-refractivity contribution in [1.82, 2.24) is 10.2 Å². The predicted octanol–water partition coefficient (Wildman–Crippen LogP) is 3.12. The van der Waals surface area contributed by atoms with Gasteiger partial charge in [0.2, 0.25) is 5.91 Å². The van der Waals surface area contributed by atoms with Gasteiger partial charge in [0.25, 0.3) is 0 Å². The van der Waals surface area contributed by atoms with E-state index in [-0.39, 0.29) is 16.9 Å². The highest BCUT2D eigenvalue weighted by Gasteiger charge is 2.53. The summed E-state index contributed by atoms with van der Waals surface area (Å²) in [7, 11) is 3.42. The predicted molar refractivity (Wildman–Crippen MR) is 110 cm³/mol. The highest BCUT2D eigenvalue weighted by molar-refractivity contribution is 5.91. The van der Waals surface area contributed by atoms with Crippen molar-refractivity contribution in [3.05, 3.63) is 29.8 Å². The highest BCUT2D eigenvalue weighted by Crippen LogP contribution is 2.49. The molecule has 4 rings (SSSR count). The van der Waals surface area contributed by atoms with Crippen LogP contribution in [0.4, 0.5) is 0 Å². The Morgan fingerprint density at radius 2 is 1.79 bits per heavy atom. The number of nitrogens with zero attached hydrogens (tertiary/aromatic N) is 1. The molecule has 0 radical (unpaired) electrons. The molecule has 154 valence electrons. The summed E-state index contributed by atoms with van der Waals surface area (Å²) in [6.07, 6.45) is 7.59. The molecule has 0 atom stereocenters. The number of carbonyl (C=O) groups excluding carboxylic acids is 1. The van der Waals surface area contributed by atoms with Crippen LogP contribution in [0.25, 0.3) is 0 Å². The number of benzene rings is 1. The minimum atomic E-state index is -0.350. The number of hydrogen-bond donors (Lipinski definition) is 1. The number of amides is 1. The lowest BCUT2D eigenvalue weighted by Gasteiger charge is -2.43. The summed E-state index contributed by atoms with van der Waals surface area (Å²) in [6, 6.07) is 8.01. The number of likely N-dealkylation sites (tertiary alicyclic amines) is 1. The third-order valence-electron chi connectivity index (χ3n) is 7.02. The third-order valence-corrected chi connectivity index (χ3v) is 7.02. The van der Waals surface area contributed by atoms with Gasteiger partial charge in [-0.1, -0.05) is 12.1 Å². The molecule has 28 heavy (non-hydrogen) atoms. The van der Waals surface area contributed by atoms with Gasteiger partial charge in [-0.2, -0.15) is 0 Å². The molecule has 3 fully saturated rings. The van der Waals surface area contributed by atoms with Gasteiger partial charge in [-0.25, -0.2) is 0 Å². The first-order valence-corrected chi connectivity index (χ1v) is 10.8. The van der Waals surface area contributed by atoms with Crippen molar-refractivity contribution in [3.63, 3.8) is 0 Å². The lowest BCUT2D eigenvalue weighted by atomic mass is 9.83. The van der Waals surface area contributed by atoms with E-state index in [1.807, 2.05) is 24.3 Å². The van der Waals surface area contributed by atoms with Crippen LogP contribution in [0.1, 0.15) is 50.5 Å². The van der Waals surface area contributed by atoms with Crippen LogP contribution in [0, 0.1) is 5.92 Å². The van der Waals surface area contributed by atoms with Crippen LogP contribution in [0.3, 0.4) is 0 Å². The lowest BCUT2D eigenvalue weighted by molar-refractivity contribution is -0.126. The van der Waals surface area contributed by atoms with Crippen LogP contribution < -0.4 is 10.1 Å². The molecule has 1 saturated heterocycles. The molecule has 1 heterocycles. The maximum atomic E-state index is 13.4. The molecule has 1 aromatic carbocycles. The van der Waals surface area contributed by atoms with E-state index in [9.17, 15) is 4.79 Å². The second-order valence-corrected chi connectivity index (χ2v) is 9.03. The van der Waals surface area contributed by atoms with Gasteiger partial charge in [0.15, 0.2) is 0 Å². The second kappa shape index (κ2) is 8.03. The minimum absolute atomic E-state index is 0.130. The largest absolute Gasteiger partial charge is 0.497 e. The molecule has 1 aromatic rings. The Bertz CT molecular complexity index is 672. The smallest absolute Gasteiger partial charge is 0.231 e. The van der Waals surface area contributed by atoms with Crippen LogP contribution in [-0.2, 0) is 14.9 Å². The summed E-state index contributed by atoms with van der Waals surface area (Å²) >= 11 is 0. The molecule has 1 aliphatic heterocycles. The molecule has 0 bridgehead atoms. The van der Waals surface area contributed by atoms with Crippen molar-refractivity contribution in [2.45, 2.75) is 55.9 Å². The quantitative estimate of drug-likeness (QED) is 0.708. The molecule has 1 amide bonds. The topological polar surface area (TPSA) is 50.8 Å². The zero-order valence-electron chi connectivity index (χ0n) is 17.3. The third kappa shape index (κ3) is 4.20. The SMILES string of the molecule is COCCC1(NC(=O)C2(c3ccc(OC)cc3)CC2)CCN(CC2CC2)CC1. The number of ether oxygens (including phenoxy) is 2. The first kappa shape index (κ1) is 19.7. The van der Waals surface area contributed by atoms with E-state index in [1.165, 1.54) is 19.4 Å². The van der Waals surface area contributed by atoms with E-state index < -0.39 is 0 Å². The van der Waals surface area contributed by atoms with Crippen LogP contribution in [0.2, 0.25) is 0 Å². The molecule has 1 N–H and O–H groups in total. The average molecular weight is 387 g/mol. The standard InChI is InChI=1S/C23H34N2O3/c1-27-16-13-22(11-14-25(15-12-22)17-18-3-4-18)24-21(26)23(9-10-23)19-5-7-20(28-2)8-6-19/h5-8,18H,3-4,9-17H2,1-2H3,(H,24,26). The van der Waals surface area contributed by atoms with Crippen LogP contribution in [0.15, 0.2) is 24.3 Å². The van der Waals surface area contributed by atoms with Gasteiger partial charge in [0, 0.05) is 38.9 Å². The summed E-state index contributed by atoms with van der Waals surface area (Å²) < 4.78 is 10.7. The molecule has 2 saturated carbocycles. The van der Waals surface area contributed by atoms with Gasteiger partial charge >= 0.3 is 0 Å². The van der Waals surface area contributed by atoms with Crippen molar-refractivity contribution in [2.75, 3.05) is 40.5 Å². The van der Waals surface area contributed by atoms with Gasteiger partial charge in [0.1, 0.15) is 5.75 Å². The Hall–Kier alpha value is -1.59. The molecule has 0 unspecified atom stereocenters. The second-order valence-electron chi connectivity index (χ2n) is 9.03. The molecule has 3 aliphatic rings. The maximum Gasteiger partial charge on any atom is 0.231 e. The highest BCUT2D eigenvalue weighted by atomic mass is 16.5. The van der Waals surface area contributed by atoms with E-state index in [0.29, 0.717) is 6.61 Å². The number of hydrogen-bond acceptors (Lipinski definition) is 4. The molecular weight excluding hydrogens is 352 g/mol. The molecule has 0 spiro atoms. The normalized spacial score (nSPS) is 23.2. The summed E-state index contributed by atoms with van der Waals surface area (Å²) in [5, 5.41) is 3.51. The van der Waals surface area contributed by atoms with Gasteiger partial charge in [-0.15, -0.1) is 0 Å². The first-order chi connectivity index (χ1) is 13.6. The zero-order valence-corrected chi connectivity index (χ0v) is 17.3. The number of piperidine rings is 1. The summed E-state index contributed by atoms with van der Waals surface area (Å²) in [6.45, 7) is 4.09. The van der Waals surface area contributed by atoms with Gasteiger partial charge in [-0.3, -0.25) is 4.79 Å². The number of carbonyl (C=O) groups is 1. The fourth-order valence-electron chi connectivity index (χ4n) is 4.61. The zero-order chi connectivity index (χ0) is 19.6. The molecular formula is C23H34N2O3. The first-order valence-electron chi connectivity index (χ1n) is 10.8. The monoisotopic (exact) mass is 386 g/mol. The molecule has 0 aromatic heterocycles. The average Bonchev–Trinajstić information content (AvgIpc) is 3.63. The van der Waals surface area contributed by atoms with E-state index in [2.05, 4.69) is 10.2 Å². The fourth-order valence-corrected chi connectivity index (χ4v) is 4.61. The molecule has 5 heteroatoms. The summed E-state index contributed by atoms with van der Waals surface area (Å²) in [4.78, 5) is 16.0. The van der Waals surface area contributed by atoms with E-state index in [1.54, 1.807) is 14.2 Å². The molecule has 2 aliphatic carbocycles. The Kier molecular flexibility index (Phi) is 5.66. The van der Waals surface area contributed by atoms with E-state index >= 15 is 0 Å². The van der Waals surface area contributed by atoms with E-state index in [4.69, 9.17) is 9.47 Å².